The molecular formula is C16H22N2O2. The molecule has 4 heteroatoms. The Kier molecular flexibility index (Phi) is 4.03. The molecule has 2 heterocycles. The van der Waals surface area contributed by atoms with Crippen LogP contribution in [0.4, 0.5) is 0 Å². The van der Waals surface area contributed by atoms with Gasteiger partial charge in [-0.05, 0) is 24.5 Å². The summed E-state index contributed by atoms with van der Waals surface area (Å²) in [7, 11) is 0. The van der Waals surface area contributed by atoms with Gasteiger partial charge in [-0.1, -0.05) is 24.3 Å². The first-order valence-electron chi connectivity index (χ1n) is 7.42. The van der Waals surface area contributed by atoms with E-state index in [4.69, 9.17) is 4.74 Å². The molecule has 0 saturated carbocycles. The van der Waals surface area contributed by atoms with Crippen molar-refractivity contribution in [3.63, 3.8) is 0 Å². The number of nitrogens with one attached hydrogen (secondary N) is 2. The van der Waals surface area contributed by atoms with Crippen LogP contribution in [0.25, 0.3) is 0 Å². The predicted octanol–water partition coefficient (Wildman–Crippen LogP) is 1.41. The molecule has 4 nitrogen and oxygen atoms in total. The van der Waals surface area contributed by atoms with Crippen LogP contribution in [0.15, 0.2) is 24.3 Å². The smallest absolute Gasteiger partial charge is 0.229 e. The third-order valence-corrected chi connectivity index (χ3v) is 4.45. The first-order valence-corrected chi connectivity index (χ1v) is 7.42. The van der Waals surface area contributed by atoms with Crippen molar-refractivity contribution >= 4 is 5.91 Å². The fourth-order valence-electron chi connectivity index (χ4n) is 3.12. The van der Waals surface area contributed by atoms with Gasteiger partial charge in [0, 0.05) is 31.7 Å². The first kappa shape index (κ1) is 13.6. The lowest BCUT2D eigenvalue weighted by atomic mass is 9.89. The van der Waals surface area contributed by atoms with Gasteiger partial charge in [-0.25, -0.2) is 0 Å². The number of ether oxygens (including phenoxy) is 1. The third-order valence-electron chi connectivity index (χ3n) is 4.45. The number of carbonyl (C=O) groups excluding carboxylic acids is 1. The maximum Gasteiger partial charge on any atom is 0.229 e. The SMILES string of the molecule is CC(NC(=O)C1CNCc2ccccc21)C1CCOC1. The zero-order chi connectivity index (χ0) is 13.9. The second-order valence-electron chi connectivity index (χ2n) is 5.80. The van der Waals surface area contributed by atoms with Gasteiger partial charge in [-0.3, -0.25) is 4.79 Å². The summed E-state index contributed by atoms with van der Waals surface area (Å²) in [4.78, 5) is 12.5. The molecule has 0 bridgehead atoms. The van der Waals surface area contributed by atoms with E-state index in [0.717, 1.165) is 32.7 Å². The quantitative estimate of drug-likeness (QED) is 0.876. The maximum absolute atomic E-state index is 12.5. The lowest BCUT2D eigenvalue weighted by Crippen LogP contribution is -2.44. The Balaban J connectivity index is 1.68. The van der Waals surface area contributed by atoms with E-state index in [2.05, 4.69) is 29.7 Å². The van der Waals surface area contributed by atoms with Crippen molar-refractivity contribution in [1.29, 1.82) is 0 Å². The van der Waals surface area contributed by atoms with Gasteiger partial charge in [0.05, 0.1) is 12.5 Å². The molecule has 0 aromatic heterocycles. The van der Waals surface area contributed by atoms with Crippen LogP contribution in [0.2, 0.25) is 0 Å². The summed E-state index contributed by atoms with van der Waals surface area (Å²) >= 11 is 0. The highest BCUT2D eigenvalue weighted by molar-refractivity contribution is 5.84. The average Bonchev–Trinajstić information content (AvgIpc) is 3.01. The molecule has 1 saturated heterocycles. The Morgan fingerprint density at radius 1 is 1.45 bits per heavy atom. The van der Waals surface area contributed by atoms with Gasteiger partial charge in [0.1, 0.15) is 0 Å². The largest absolute Gasteiger partial charge is 0.381 e. The zero-order valence-electron chi connectivity index (χ0n) is 11.9. The molecule has 1 amide bonds. The molecular weight excluding hydrogens is 252 g/mol. The summed E-state index contributed by atoms with van der Waals surface area (Å²) in [5, 5.41) is 6.50. The minimum absolute atomic E-state index is 0.0790. The van der Waals surface area contributed by atoms with Gasteiger partial charge in [0.25, 0.3) is 0 Å². The summed E-state index contributed by atoms with van der Waals surface area (Å²) in [6.07, 6.45) is 1.04. The molecule has 3 atom stereocenters. The van der Waals surface area contributed by atoms with Gasteiger partial charge < -0.3 is 15.4 Å². The highest BCUT2D eigenvalue weighted by Gasteiger charge is 2.29. The number of fused-ring (bicyclic) bond motifs is 1. The van der Waals surface area contributed by atoms with E-state index < -0.39 is 0 Å². The number of benzene rings is 1. The lowest BCUT2D eigenvalue weighted by Gasteiger charge is -2.28. The van der Waals surface area contributed by atoms with Crippen LogP contribution in [-0.4, -0.2) is 31.7 Å². The molecule has 2 N–H and O–H groups in total. The third kappa shape index (κ3) is 2.72. The number of carbonyl (C=O) groups is 1. The molecule has 1 aromatic carbocycles. The van der Waals surface area contributed by atoms with Gasteiger partial charge in [-0.2, -0.15) is 0 Å². The first-order chi connectivity index (χ1) is 9.75. The molecule has 1 aromatic rings. The highest BCUT2D eigenvalue weighted by atomic mass is 16.5. The Morgan fingerprint density at radius 3 is 3.10 bits per heavy atom. The summed E-state index contributed by atoms with van der Waals surface area (Å²) in [5.74, 6) is 0.500. The molecule has 108 valence electrons. The Morgan fingerprint density at radius 2 is 2.30 bits per heavy atom. The van der Waals surface area contributed by atoms with E-state index in [0.29, 0.717) is 5.92 Å². The lowest BCUT2D eigenvalue weighted by molar-refractivity contribution is -0.123. The fourth-order valence-corrected chi connectivity index (χ4v) is 3.12. The number of hydrogen-bond donors (Lipinski definition) is 2. The van der Waals surface area contributed by atoms with Crippen LogP contribution >= 0.6 is 0 Å². The normalized spacial score (nSPS) is 26.9. The van der Waals surface area contributed by atoms with Crippen LogP contribution in [0.3, 0.4) is 0 Å². The summed E-state index contributed by atoms with van der Waals surface area (Å²) in [6, 6.07) is 8.39. The fraction of sp³-hybridized carbons (Fsp3) is 0.562. The van der Waals surface area contributed by atoms with E-state index in [1.807, 2.05) is 12.1 Å². The molecule has 2 aliphatic rings. The van der Waals surface area contributed by atoms with E-state index in [1.165, 1.54) is 11.1 Å². The van der Waals surface area contributed by atoms with Gasteiger partial charge in [-0.15, -0.1) is 0 Å². The van der Waals surface area contributed by atoms with Crippen LogP contribution < -0.4 is 10.6 Å². The van der Waals surface area contributed by atoms with E-state index in [9.17, 15) is 4.79 Å². The monoisotopic (exact) mass is 274 g/mol. The second-order valence-corrected chi connectivity index (χ2v) is 5.80. The summed E-state index contributed by atoms with van der Waals surface area (Å²) in [5.41, 5.74) is 2.40. The molecule has 3 unspecified atom stereocenters. The number of rotatable bonds is 3. The summed E-state index contributed by atoms with van der Waals surface area (Å²) < 4.78 is 5.40. The van der Waals surface area contributed by atoms with Crippen molar-refractivity contribution in [2.75, 3.05) is 19.8 Å². The predicted molar refractivity (Wildman–Crippen MR) is 77.4 cm³/mol. The van der Waals surface area contributed by atoms with Crippen LogP contribution in [0.5, 0.6) is 0 Å². The van der Waals surface area contributed by atoms with E-state index in [-0.39, 0.29) is 17.9 Å². The Labute approximate surface area is 119 Å². The van der Waals surface area contributed by atoms with Crippen molar-refractivity contribution in [2.24, 2.45) is 5.92 Å². The number of amides is 1. The highest BCUT2D eigenvalue weighted by Crippen LogP contribution is 2.25. The standard InChI is InChI=1S/C16H22N2O2/c1-11(13-6-7-20-10-13)18-16(19)15-9-17-8-12-4-2-3-5-14(12)15/h2-5,11,13,15,17H,6-10H2,1H3,(H,18,19). The van der Waals surface area contributed by atoms with E-state index in [1.54, 1.807) is 0 Å². The van der Waals surface area contributed by atoms with Crippen LogP contribution in [0.1, 0.15) is 30.4 Å². The maximum atomic E-state index is 12.5. The van der Waals surface area contributed by atoms with Crippen LogP contribution in [0, 0.1) is 5.92 Å². The molecule has 0 aliphatic carbocycles. The topological polar surface area (TPSA) is 50.4 Å². The van der Waals surface area contributed by atoms with Crippen molar-refractivity contribution < 1.29 is 9.53 Å². The molecule has 20 heavy (non-hydrogen) atoms. The molecule has 0 radical (unpaired) electrons. The average molecular weight is 274 g/mol. The molecule has 2 aliphatic heterocycles. The Hall–Kier alpha value is -1.39. The molecule has 0 spiro atoms. The zero-order valence-corrected chi connectivity index (χ0v) is 11.9. The summed E-state index contributed by atoms with van der Waals surface area (Å²) in [6.45, 7) is 5.24. The van der Waals surface area contributed by atoms with Crippen molar-refractivity contribution in [3.8, 4) is 0 Å². The van der Waals surface area contributed by atoms with Crippen molar-refractivity contribution in [2.45, 2.75) is 31.8 Å². The van der Waals surface area contributed by atoms with Crippen molar-refractivity contribution in [3.05, 3.63) is 35.4 Å². The van der Waals surface area contributed by atoms with Crippen LogP contribution in [-0.2, 0) is 16.1 Å². The number of hydrogen-bond acceptors (Lipinski definition) is 3. The molecule has 3 rings (SSSR count). The van der Waals surface area contributed by atoms with Crippen molar-refractivity contribution in [1.82, 2.24) is 10.6 Å². The van der Waals surface area contributed by atoms with Gasteiger partial charge in [0.2, 0.25) is 5.91 Å². The minimum Gasteiger partial charge on any atom is -0.381 e. The van der Waals surface area contributed by atoms with E-state index >= 15 is 0 Å². The Bertz CT molecular complexity index is 483. The van der Waals surface area contributed by atoms with Gasteiger partial charge in [0.15, 0.2) is 0 Å². The second kappa shape index (κ2) is 5.94. The minimum atomic E-state index is -0.0790. The molecule has 1 fully saturated rings. The van der Waals surface area contributed by atoms with Gasteiger partial charge >= 0.3 is 0 Å².